The Balaban J connectivity index is 1.50. The molecule has 3 aromatic rings. The number of Topliss-reactive ketones (excluding diaryl/α,β-unsaturated/α-hetero) is 1. The van der Waals surface area contributed by atoms with Crippen LogP contribution in [0.5, 0.6) is 0 Å². The number of rotatable bonds is 7. The molecule has 3 aromatic carbocycles. The average molecular weight is 397 g/mol. The Morgan fingerprint density at radius 1 is 0.857 bits per heavy atom. The molecule has 3 rings (SSSR count). The predicted molar refractivity (Wildman–Crippen MR) is 106 cm³/mol. The number of primary sulfonamides is 1. The maximum absolute atomic E-state index is 12.3. The first-order chi connectivity index (χ1) is 13.3. The number of nitrogens with one attached hydrogen (secondary N) is 2. The summed E-state index contributed by atoms with van der Waals surface area (Å²) in [6.07, 6.45) is 0.211. The number of hydrazine groups is 1. The maximum atomic E-state index is 12.3. The topological polar surface area (TPSA) is 118 Å². The fraction of sp³-hybridized carbons (Fsp3) is 0.100. The first-order valence-electron chi connectivity index (χ1n) is 8.53. The quantitative estimate of drug-likeness (QED) is 0.320. The second kappa shape index (κ2) is 8.30. The van der Waals surface area contributed by atoms with E-state index in [0.29, 0.717) is 5.56 Å². The molecule has 0 heterocycles. The van der Waals surface area contributed by atoms with E-state index >= 15 is 0 Å². The normalized spacial score (nSPS) is 11.3. The number of amides is 1. The van der Waals surface area contributed by atoms with Crippen molar-refractivity contribution >= 4 is 32.5 Å². The molecule has 0 unspecified atom stereocenters. The summed E-state index contributed by atoms with van der Waals surface area (Å²) in [7, 11) is -3.80. The molecule has 0 atom stereocenters. The van der Waals surface area contributed by atoms with Crippen LogP contribution in [0.25, 0.3) is 10.8 Å². The van der Waals surface area contributed by atoms with Crippen molar-refractivity contribution in [2.75, 3.05) is 6.54 Å². The number of carbonyl (C=O) groups is 2. The van der Waals surface area contributed by atoms with Gasteiger partial charge in [-0.2, -0.15) is 0 Å². The maximum Gasteiger partial charge on any atom is 0.265 e. The molecule has 0 fully saturated rings. The third-order valence-corrected chi connectivity index (χ3v) is 5.12. The number of benzene rings is 3. The monoisotopic (exact) mass is 397 g/mol. The van der Waals surface area contributed by atoms with Gasteiger partial charge in [-0.15, -0.1) is 0 Å². The predicted octanol–water partition coefficient (Wildman–Crippen LogP) is 1.99. The zero-order valence-electron chi connectivity index (χ0n) is 14.9. The van der Waals surface area contributed by atoms with Crippen LogP contribution in [0.15, 0.2) is 71.6 Å². The number of fused-ring (bicyclic) bond motifs is 1. The van der Waals surface area contributed by atoms with Crippen molar-refractivity contribution in [3.05, 3.63) is 77.9 Å². The van der Waals surface area contributed by atoms with Crippen molar-refractivity contribution in [3.8, 4) is 0 Å². The molecule has 4 N–H and O–H groups in total. The van der Waals surface area contributed by atoms with E-state index in [2.05, 4.69) is 10.9 Å². The Bertz CT molecular complexity index is 1130. The van der Waals surface area contributed by atoms with Crippen LogP contribution < -0.4 is 16.0 Å². The summed E-state index contributed by atoms with van der Waals surface area (Å²) in [5.74, 6) is -0.482. The molecule has 7 nitrogen and oxygen atoms in total. The van der Waals surface area contributed by atoms with Crippen molar-refractivity contribution < 1.29 is 18.0 Å². The fourth-order valence-electron chi connectivity index (χ4n) is 2.69. The number of hydrogen-bond acceptors (Lipinski definition) is 5. The minimum absolute atomic E-state index is 0.0370. The lowest BCUT2D eigenvalue weighted by atomic mass is 10.0. The molecule has 0 aliphatic carbocycles. The van der Waals surface area contributed by atoms with Gasteiger partial charge in [0.05, 0.1) is 4.90 Å². The smallest absolute Gasteiger partial charge is 0.265 e. The van der Waals surface area contributed by atoms with Crippen LogP contribution >= 0.6 is 0 Å². The molecule has 0 radical (unpaired) electrons. The van der Waals surface area contributed by atoms with Gasteiger partial charge >= 0.3 is 0 Å². The highest BCUT2D eigenvalue weighted by Gasteiger charge is 2.11. The molecule has 1 amide bonds. The molecular weight excluding hydrogens is 378 g/mol. The van der Waals surface area contributed by atoms with Gasteiger partial charge in [-0.3, -0.25) is 15.0 Å². The van der Waals surface area contributed by atoms with Gasteiger partial charge in [0.15, 0.2) is 5.78 Å². The van der Waals surface area contributed by atoms with E-state index in [1.165, 1.54) is 24.3 Å². The van der Waals surface area contributed by atoms with Gasteiger partial charge in [0.2, 0.25) is 10.0 Å². The summed E-state index contributed by atoms with van der Waals surface area (Å²) in [6.45, 7) is 0.257. The molecule has 0 saturated carbocycles. The molecule has 144 valence electrons. The summed E-state index contributed by atoms with van der Waals surface area (Å²) < 4.78 is 22.4. The van der Waals surface area contributed by atoms with Gasteiger partial charge in [0.1, 0.15) is 0 Å². The lowest BCUT2D eigenvalue weighted by molar-refractivity contribution is 0.0918. The Kier molecular flexibility index (Phi) is 5.84. The van der Waals surface area contributed by atoms with E-state index in [1.807, 2.05) is 36.4 Å². The van der Waals surface area contributed by atoms with Crippen LogP contribution in [0, 0.1) is 0 Å². The summed E-state index contributed by atoms with van der Waals surface area (Å²) in [6, 6.07) is 18.6. The second-order valence-corrected chi connectivity index (χ2v) is 7.75. The SMILES string of the molecule is NS(=O)(=O)c1ccc(C(=O)NNCCC(=O)c2ccc3ccccc3c2)cc1. The van der Waals surface area contributed by atoms with Crippen LogP contribution in [-0.4, -0.2) is 26.7 Å². The Morgan fingerprint density at radius 3 is 2.18 bits per heavy atom. The molecule has 0 aromatic heterocycles. The van der Waals surface area contributed by atoms with E-state index in [9.17, 15) is 18.0 Å². The van der Waals surface area contributed by atoms with Gasteiger partial charge < -0.3 is 0 Å². The molecule has 8 heteroatoms. The number of sulfonamides is 1. The number of nitrogens with two attached hydrogens (primary N) is 1. The molecular formula is C20H19N3O4S. The summed E-state index contributed by atoms with van der Waals surface area (Å²) in [4.78, 5) is 24.3. The zero-order valence-corrected chi connectivity index (χ0v) is 15.7. The zero-order chi connectivity index (χ0) is 20.1. The fourth-order valence-corrected chi connectivity index (χ4v) is 3.21. The third kappa shape index (κ3) is 4.80. The van der Waals surface area contributed by atoms with Crippen molar-refractivity contribution in [2.45, 2.75) is 11.3 Å². The van der Waals surface area contributed by atoms with Crippen LogP contribution in [0.1, 0.15) is 27.1 Å². The van der Waals surface area contributed by atoms with Gasteiger partial charge in [-0.25, -0.2) is 19.0 Å². The number of carbonyl (C=O) groups excluding carboxylic acids is 2. The molecule has 0 saturated heterocycles. The minimum Gasteiger partial charge on any atom is -0.294 e. The van der Waals surface area contributed by atoms with Crippen LogP contribution in [0.4, 0.5) is 0 Å². The second-order valence-electron chi connectivity index (χ2n) is 6.19. The minimum atomic E-state index is -3.80. The Labute approximate surface area is 162 Å². The van der Waals surface area contributed by atoms with Crippen molar-refractivity contribution in [1.82, 2.24) is 10.9 Å². The molecule has 0 aliphatic heterocycles. The van der Waals surface area contributed by atoms with Crippen LogP contribution in [-0.2, 0) is 10.0 Å². The summed E-state index contributed by atoms with van der Waals surface area (Å²) in [5, 5.41) is 7.08. The highest BCUT2D eigenvalue weighted by atomic mass is 32.2. The number of hydrogen-bond donors (Lipinski definition) is 3. The Hall–Kier alpha value is -3.07. The first kappa shape index (κ1) is 19.7. The number of ketones is 1. The highest BCUT2D eigenvalue weighted by Crippen LogP contribution is 2.16. The summed E-state index contributed by atoms with van der Waals surface area (Å²) >= 11 is 0. The van der Waals surface area contributed by atoms with Crippen LogP contribution in [0.2, 0.25) is 0 Å². The standard InChI is InChI=1S/C20H19N3O4S/c21-28(26,27)18-9-7-15(8-10-18)20(25)23-22-12-11-19(24)17-6-5-14-3-1-2-4-16(14)13-17/h1-10,13,22H,11-12H2,(H,23,25)(H2,21,26,27). The molecule has 0 bridgehead atoms. The van der Waals surface area contributed by atoms with E-state index in [1.54, 1.807) is 6.07 Å². The van der Waals surface area contributed by atoms with Crippen LogP contribution in [0.3, 0.4) is 0 Å². The van der Waals surface area contributed by atoms with Crippen molar-refractivity contribution in [2.24, 2.45) is 5.14 Å². The van der Waals surface area contributed by atoms with E-state index in [4.69, 9.17) is 5.14 Å². The van der Waals surface area contributed by atoms with E-state index in [-0.39, 0.29) is 29.2 Å². The lowest BCUT2D eigenvalue weighted by Crippen LogP contribution is -2.38. The van der Waals surface area contributed by atoms with Crippen molar-refractivity contribution in [3.63, 3.8) is 0 Å². The first-order valence-corrected chi connectivity index (χ1v) is 10.1. The van der Waals surface area contributed by atoms with Gasteiger partial charge in [-0.1, -0.05) is 36.4 Å². The Morgan fingerprint density at radius 2 is 1.50 bits per heavy atom. The van der Waals surface area contributed by atoms with Gasteiger partial charge in [0.25, 0.3) is 5.91 Å². The summed E-state index contributed by atoms with van der Waals surface area (Å²) in [5.41, 5.74) is 6.06. The lowest BCUT2D eigenvalue weighted by Gasteiger charge is -2.08. The van der Waals surface area contributed by atoms with Crippen molar-refractivity contribution in [1.29, 1.82) is 0 Å². The molecule has 28 heavy (non-hydrogen) atoms. The van der Waals surface area contributed by atoms with E-state index < -0.39 is 15.9 Å². The van der Waals surface area contributed by atoms with E-state index in [0.717, 1.165) is 10.8 Å². The third-order valence-electron chi connectivity index (χ3n) is 4.20. The van der Waals surface area contributed by atoms with Gasteiger partial charge in [-0.05, 0) is 41.1 Å². The molecule has 0 aliphatic rings. The largest absolute Gasteiger partial charge is 0.294 e. The highest BCUT2D eigenvalue weighted by molar-refractivity contribution is 7.89. The van der Waals surface area contributed by atoms with Gasteiger partial charge in [0, 0.05) is 24.1 Å². The molecule has 0 spiro atoms. The average Bonchev–Trinajstić information content (AvgIpc) is 2.70.